The van der Waals surface area contributed by atoms with Crippen molar-refractivity contribution in [3.05, 3.63) is 0 Å². The van der Waals surface area contributed by atoms with Crippen molar-refractivity contribution >= 4 is 6.34 Å². The van der Waals surface area contributed by atoms with E-state index in [1.807, 2.05) is 11.8 Å². The summed E-state index contributed by atoms with van der Waals surface area (Å²) in [5, 5.41) is 18.8. The molecule has 0 amide bonds. The molecule has 3 aliphatic rings. The number of hydrogen-bond acceptors (Lipinski definition) is 3. The summed E-state index contributed by atoms with van der Waals surface area (Å²) < 4.78 is 5.53. The van der Waals surface area contributed by atoms with Crippen LogP contribution in [0.5, 0.6) is 0 Å². The van der Waals surface area contributed by atoms with Crippen LogP contribution in [0, 0.1) is 27.6 Å². The number of hydrogen-bond donors (Lipinski definition) is 2. The second kappa shape index (κ2) is 2.86. The molecule has 2 N–H and O–H groups in total. The van der Waals surface area contributed by atoms with E-state index in [9.17, 15) is 5.11 Å². The van der Waals surface area contributed by atoms with Gasteiger partial charge in [0, 0.05) is 13.2 Å². The van der Waals surface area contributed by atoms with Crippen molar-refractivity contribution in [3.63, 3.8) is 0 Å². The lowest BCUT2D eigenvalue weighted by molar-refractivity contribution is -0.148. The van der Waals surface area contributed by atoms with E-state index in [0.29, 0.717) is 5.92 Å². The molecule has 3 fully saturated rings. The Hall–Kier alpha value is -0.610. The predicted octanol–water partition coefficient (Wildman–Crippen LogP) is 2.07. The molecule has 0 aromatic carbocycles. The van der Waals surface area contributed by atoms with Gasteiger partial charge in [0.05, 0.1) is 11.8 Å². The Morgan fingerprint density at radius 1 is 1.21 bits per heavy atom. The van der Waals surface area contributed by atoms with Gasteiger partial charge in [0.1, 0.15) is 5.54 Å². The lowest BCUT2D eigenvalue weighted by atomic mass is 9.81. The minimum Gasteiger partial charge on any atom is -0.363 e. The summed E-state index contributed by atoms with van der Waals surface area (Å²) in [7, 11) is 1.58. The van der Waals surface area contributed by atoms with Crippen LogP contribution in [-0.2, 0) is 4.74 Å². The average molecular weight is 266 g/mol. The van der Waals surface area contributed by atoms with Crippen LogP contribution in [0.4, 0.5) is 0 Å². The standard InChI is InChI=1S/C15H26N2O2/c1-9-12(4)10(11(12,2)3)13(5)14(6,17(9)8-16)15(13,18)19-7/h8-10,16,18H,1-7H3/t9-,10?,12?,13?,14?,15?/m0/s1. The van der Waals surface area contributed by atoms with Gasteiger partial charge in [0.15, 0.2) is 5.79 Å². The molecule has 0 bridgehead atoms. The predicted molar refractivity (Wildman–Crippen MR) is 73.9 cm³/mol. The average Bonchev–Trinajstić information content (AvgIpc) is 2.97. The molecule has 1 saturated heterocycles. The first-order valence-electron chi connectivity index (χ1n) is 7.10. The van der Waals surface area contributed by atoms with Crippen molar-refractivity contribution in [1.29, 1.82) is 5.41 Å². The third-order valence-corrected chi connectivity index (χ3v) is 7.75. The van der Waals surface area contributed by atoms with E-state index in [0.717, 1.165) is 0 Å². The van der Waals surface area contributed by atoms with Gasteiger partial charge in [0.2, 0.25) is 0 Å². The van der Waals surface area contributed by atoms with E-state index in [2.05, 4.69) is 34.6 Å². The number of likely N-dealkylation sites (tertiary alicyclic amines) is 1. The molecule has 6 atom stereocenters. The molecule has 0 aromatic rings. The number of nitrogens with zero attached hydrogens (tertiary/aromatic N) is 1. The van der Waals surface area contributed by atoms with Crippen molar-refractivity contribution < 1.29 is 9.84 Å². The second-order valence-electron chi connectivity index (χ2n) is 7.77. The molecule has 1 aliphatic heterocycles. The number of aliphatic hydroxyl groups is 1. The lowest BCUT2D eigenvalue weighted by Gasteiger charge is -2.43. The molecule has 19 heavy (non-hydrogen) atoms. The molecule has 108 valence electrons. The maximum Gasteiger partial charge on any atom is 0.197 e. The molecule has 1 heterocycles. The molecular formula is C15H26N2O2. The largest absolute Gasteiger partial charge is 0.363 e. The zero-order valence-corrected chi connectivity index (χ0v) is 13.0. The number of ether oxygens (including phenoxy) is 1. The first kappa shape index (κ1) is 13.4. The van der Waals surface area contributed by atoms with E-state index in [1.54, 1.807) is 7.11 Å². The van der Waals surface area contributed by atoms with Crippen molar-refractivity contribution in [2.45, 2.75) is 58.9 Å². The summed E-state index contributed by atoms with van der Waals surface area (Å²) in [5.74, 6) is -0.754. The van der Waals surface area contributed by atoms with Gasteiger partial charge in [-0.25, -0.2) is 0 Å². The Labute approximate surface area is 115 Å². The smallest absolute Gasteiger partial charge is 0.197 e. The van der Waals surface area contributed by atoms with Crippen LogP contribution < -0.4 is 0 Å². The first-order valence-corrected chi connectivity index (χ1v) is 7.10. The fourth-order valence-corrected chi connectivity index (χ4v) is 6.21. The van der Waals surface area contributed by atoms with Crippen molar-refractivity contribution in [2.75, 3.05) is 7.11 Å². The summed E-state index contributed by atoms with van der Waals surface area (Å²) in [4.78, 5) is 2.02. The minimum absolute atomic E-state index is 0.113. The van der Waals surface area contributed by atoms with E-state index >= 15 is 0 Å². The molecule has 0 spiro atoms. The van der Waals surface area contributed by atoms with Gasteiger partial charge in [0.25, 0.3) is 0 Å². The van der Waals surface area contributed by atoms with Crippen LogP contribution in [0.15, 0.2) is 0 Å². The van der Waals surface area contributed by atoms with Crippen LogP contribution in [0.2, 0.25) is 0 Å². The Bertz CT molecular complexity index is 479. The van der Waals surface area contributed by atoms with Crippen LogP contribution in [-0.4, -0.2) is 40.8 Å². The topological polar surface area (TPSA) is 56.6 Å². The molecular weight excluding hydrogens is 240 g/mol. The fourth-order valence-electron chi connectivity index (χ4n) is 6.21. The van der Waals surface area contributed by atoms with Gasteiger partial charge in [-0.3, -0.25) is 5.41 Å². The zero-order chi connectivity index (χ0) is 14.6. The van der Waals surface area contributed by atoms with Crippen molar-refractivity contribution in [2.24, 2.45) is 22.2 Å². The molecule has 4 heteroatoms. The maximum atomic E-state index is 11.0. The van der Waals surface area contributed by atoms with Crippen molar-refractivity contribution in [1.82, 2.24) is 4.90 Å². The normalized spacial score (nSPS) is 61.2. The van der Waals surface area contributed by atoms with Gasteiger partial charge in [-0.1, -0.05) is 27.7 Å². The van der Waals surface area contributed by atoms with Crippen molar-refractivity contribution in [3.8, 4) is 0 Å². The highest BCUT2D eigenvalue weighted by atomic mass is 16.6. The monoisotopic (exact) mass is 266 g/mol. The number of fused-ring (bicyclic) bond motifs is 3. The second-order valence-corrected chi connectivity index (χ2v) is 7.77. The molecule has 0 radical (unpaired) electrons. The summed E-state index contributed by atoms with van der Waals surface area (Å²) >= 11 is 0. The Morgan fingerprint density at radius 2 is 1.74 bits per heavy atom. The van der Waals surface area contributed by atoms with Gasteiger partial charge in [-0.2, -0.15) is 0 Å². The van der Waals surface area contributed by atoms with Crippen LogP contribution in [0.3, 0.4) is 0 Å². The number of piperidine rings is 1. The molecule has 2 saturated carbocycles. The number of methoxy groups -OCH3 is 1. The Morgan fingerprint density at radius 3 is 2.16 bits per heavy atom. The minimum atomic E-state index is -1.16. The van der Waals surface area contributed by atoms with Crippen LogP contribution in [0.25, 0.3) is 0 Å². The summed E-state index contributed by atoms with van der Waals surface area (Å²) in [6, 6.07) is 0.229. The molecule has 4 nitrogen and oxygen atoms in total. The van der Waals surface area contributed by atoms with E-state index in [4.69, 9.17) is 10.1 Å². The highest BCUT2D eigenvalue weighted by Gasteiger charge is 2.99. The van der Waals surface area contributed by atoms with Gasteiger partial charge in [-0.15, -0.1) is 0 Å². The van der Waals surface area contributed by atoms with Gasteiger partial charge in [-0.05, 0) is 30.6 Å². The zero-order valence-electron chi connectivity index (χ0n) is 13.0. The highest BCUT2D eigenvalue weighted by molar-refractivity contribution is 5.61. The lowest BCUT2D eigenvalue weighted by Crippen LogP contribution is -2.53. The Balaban J connectivity index is 2.21. The first-order chi connectivity index (χ1) is 8.53. The maximum absolute atomic E-state index is 11.0. The fraction of sp³-hybridized carbons (Fsp3) is 0.933. The van der Waals surface area contributed by atoms with E-state index < -0.39 is 11.3 Å². The number of rotatable bonds is 2. The molecule has 3 rings (SSSR count). The SMILES string of the molecule is COC1(O)C2(C)C3C(C)(C)C3(C)[C@H](C)N(C=N)C12C. The Kier molecular flexibility index (Phi) is 2.02. The quantitative estimate of drug-likeness (QED) is 0.457. The summed E-state index contributed by atoms with van der Waals surface area (Å²) in [5.41, 5.74) is -0.560. The molecule has 2 aliphatic carbocycles. The van der Waals surface area contributed by atoms with Gasteiger partial charge >= 0.3 is 0 Å². The molecule has 0 aromatic heterocycles. The highest BCUT2D eigenvalue weighted by Crippen LogP contribution is 2.90. The van der Waals surface area contributed by atoms with Crippen LogP contribution >= 0.6 is 0 Å². The van der Waals surface area contributed by atoms with Crippen LogP contribution in [0.1, 0.15) is 41.5 Å². The van der Waals surface area contributed by atoms with E-state index in [-0.39, 0.29) is 22.3 Å². The molecule has 5 unspecified atom stereocenters. The van der Waals surface area contributed by atoms with Gasteiger partial charge < -0.3 is 14.7 Å². The van der Waals surface area contributed by atoms with E-state index in [1.165, 1.54) is 6.34 Å². The summed E-state index contributed by atoms with van der Waals surface area (Å²) in [6.07, 6.45) is 1.38. The number of nitrogens with one attached hydrogen (secondary N) is 1. The third kappa shape index (κ3) is 0.831. The summed E-state index contributed by atoms with van der Waals surface area (Å²) in [6.45, 7) is 13.2. The third-order valence-electron chi connectivity index (χ3n) is 7.75.